The summed E-state index contributed by atoms with van der Waals surface area (Å²) >= 11 is 5.60. The van der Waals surface area contributed by atoms with Gasteiger partial charge in [0.2, 0.25) is 0 Å². The lowest BCUT2D eigenvalue weighted by Crippen LogP contribution is -2.26. The van der Waals surface area contributed by atoms with E-state index in [9.17, 15) is 9.90 Å². The van der Waals surface area contributed by atoms with Crippen LogP contribution in [-0.2, 0) is 0 Å². The maximum absolute atomic E-state index is 11.8. The van der Waals surface area contributed by atoms with Crippen molar-refractivity contribution in [1.82, 2.24) is 5.32 Å². The summed E-state index contributed by atoms with van der Waals surface area (Å²) in [7, 11) is 0. The van der Waals surface area contributed by atoms with Crippen LogP contribution in [0.5, 0.6) is 5.75 Å². The molecule has 94 valence electrons. The first-order valence-electron chi connectivity index (χ1n) is 5.41. The van der Waals surface area contributed by atoms with E-state index in [1.807, 2.05) is 13.0 Å². The average Bonchev–Trinajstić information content (AvgIpc) is 2.76. The van der Waals surface area contributed by atoms with Gasteiger partial charge in [0, 0.05) is 0 Å². The number of benzene rings is 1. The number of hydrogen-bond donors (Lipinski definition) is 2. The number of phenols is 1. The van der Waals surface area contributed by atoms with Crippen molar-refractivity contribution >= 4 is 17.5 Å². The SMILES string of the molecule is CC(NC(=O)c1ccc(Cl)o1)c1cccc(O)c1. The fraction of sp³-hybridized carbons (Fsp3) is 0.154. The van der Waals surface area contributed by atoms with Gasteiger partial charge in [-0.25, -0.2) is 0 Å². The van der Waals surface area contributed by atoms with Crippen LogP contribution in [0.3, 0.4) is 0 Å². The van der Waals surface area contributed by atoms with Crippen LogP contribution in [0.25, 0.3) is 0 Å². The molecule has 0 fully saturated rings. The second-order valence-electron chi connectivity index (χ2n) is 3.89. The molecule has 1 heterocycles. The van der Waals surface area contributed by atoms with Gasteiger partial charge in [-0.1, -0.05) is 12.1 Å². The Hall–Kier alpha value is -1.94. The standard InChI is InChI=1S/C13H12ClNO3/c1-8(9-3-2-4-10(16)7-9)15-13(17)11-5-6-12(14)18-11/h2-8,16H,1H3,(H,15,17). The molecule has 4 nitrogen and oxygen atoms in total. The molecular formula is C13H12ClNO3. The monoisotopic (exact) mass is 265 g/mol. The lowest BCUT2D eigenvalue weighted by atomic mass is 10.1. The van der Waals surface area contributed by atoms with Gasteiger partial charge in [0.25, 0.3) is 5.91 Å². The van der Waals surface area contributed by atoms with Gasteiger partial charge < -0.3 is 14.8 Å². The molecule has 2 aromatic rings. The number of phenolic OH excluding ortho intramolecular Hbond substituents is 1. The third-order valence-electron chi connectivity index (χ3n) is 2.51. The lowest BCUT2D eigenvalue weighted by molar-refractivity contribution is 0.0912. The number of carbonyl (C=O) groups excluding carboxylic acids is 1. The summed E-state index contributed by atoms with van der Waals surface area (Å²) < 4.78 is 5.01. The third-order valence-corrected chi connectivity index (χ3v) is 2.72. The average molecular weight is 266 g/mol. The largest absolute Gasteiger partial charge is 0.508 e. The minimum absolute atomic E-state index is 0.159. The molecule has 2 rings (SSSR count). The summed E-state index contributed by atoms with van der Waals surface area (Å²) in [5, 5.41) is 12.3. The molecule has 0 bridgehead atoms. The quantitative estimate of drug-likeness (QED) is 0.896. The van der Waals surface area contributed by atoms with Crippen LogP contribution < -0.4 is 5.32 Å². The van der Waals surface area contributed by atoms with Crippen molar-refractivity contribution in [2.45, 2.75) is 13.0 Å². The molecule has 0 saturated carbocycles. The molecule has 1 aromatic heterocycles. The van der Waals surface area contributed by atoms with E-state index in [0.29, 0.717) is 0 Å². The van der Waals surface area contributed by atoms with Gasteiger partial charge in [-0.15, -0.1) is 0 Å². The van der Waals surface area contributed by atoms with E-state index in [4.69, 9.17) is 16.0 Å². The number of furan rings is 1. The molecule has 0 aliphatic heterocycles. The highest BCUT2D eigenvalue weighted by molar-refractivity contribution is 6.29. The normalized spacial score (nSPS) is 12.1. The van der Waals surface area contributed by atoms with E-state index in [2.05, 4.69) is 5.32 Å². The zero-order valence-electron chi connectivity index (χ0n) is 9.68. The molecule has 18 heavy (non-hydrogen) atoms. The van der Waals surface area contributed by atoms with E-state index < -0.39 is 0 Å². The van der Waals surface area contributed by atoms with E-state index in [1.54, 1.807) is 18.2 Å². The number of amides is 1. The summed E-state index contributed by atoms with van der Waals surface area (Å²) in [6.45, 7) is 1.82. The molecule has 0 aliphatic carbocycles. The Morgan fingerprint density at radius 3 is 2.78 bits per heavy atom. The van der Waals surface area contributed by atoms with Gasteiger partial charge in [-0.3, -0.25) is 4.79 Å². The van der Waals surface area contributed by atoms with Crippen LogP contribution in [0.15, 0.2) is 40.8 Å². The first kappa shape index (κ1) is 12.5. The predicted octanol–water partition coefficient (Wildman–Crippen LogP) is 3.13. The van der Waals surface area contributed by atoms with Crippen molar-refractivity contribution in [3.05, 3.63) is 52.9 Å². The third kappa shape index (κ3) is 2.84. The zero-order chi connectivity index (χ0) is 13.1. The Morgan fingerprint density at radius 2 is 2.17 bits per heavy atom. The maximum atomic E-state index is 11.8. The van der Waals surface area contributed by atoms with E-state index >= 15 is 0 Å². The Balaban J connectivity index is 2.07. The van der Waals surface area contributed by atoms with E-state index in [-0.39, 0.29) is 28.7 Å². The van der Waals surface area contributed by atoms with Gasteiger partial charge in [0.1, 0.15) is 5.75 Å². The Morgan fingerprint density at radius 1 is 1.39 bits per heavy atom. The van der Waals surface area contributed by atoms with Crippen LogP contribution >= 0.6 is 11.6 Å². The summed E-state index contributed by atoms with van der Waals surface area (Å²) in [5.74, 6) is -0.0283. The van der Waals surface area contributed by atoms with Gasteiger partial charge in [0.15, 0.2) is 11.0 Å². The van der Waals surface area contributed by atoms with Crippen molar-refractivity contribution in [3.8, 4) is 5.75 Å². The van der Waals surface area contributed by atoms with Crippen molar-refractivity contribution in [2.24, 2.45) is 0 Å². The highest BCUT2D eigenvalue weighted by Gasteiger charge is 2.14. The van der Waals surface area contributed by atoms with Crippen molar-refractivity contribution in [3.63, 3.8) is 0 Å². The Kier molecular flexibility index (Phi) is 3.58. The Bertz CT molecular complexity index is 565. The highest BCUT2D eigenvalue weighted by atomic mass is 35.5. The second-order valence-corrected chi connectivity index (χ2v) is 4.27. The Labute approximate surface area is 109 Å². The predicted molar refractivity (Wildman–Crippen MR) is 67.7 cm³/mol. The van der Waals surface area contributed by atoms with Crippen LogP contribution in [-0.4, -0.2) is 11.0 Å². The van der Waals surface area contributed by atoms with Crippen molar-refractivity contribution in [1.29, 1.82) is 0 Å². The van der Waals surface area contributed by atoms with Gasteiger partial charge >= 0.3 is 0 Å². The van der Waals surface area contributed by atoms with E-state index in [1.165, 1.54) is 12.1 Å². The number of rotatable bonds is 3. The fourth-order valence-corrected chi connectivity index (χ4v) is 1.73. The zero-order valence-corrected chi connectivity index (χ0v) is 10.4. The number of carbonyl (C=O) groups is 1. The molecule has 5 heteroatoms. The molecule has 0 radical (unpaired) electrons. The molecule has 0 spiro atoms. The smallest absolute Gasteiger partial charge is 0.287 e. The van der Waals surface area contributed by atoms with Crippen molar-refractivity contribution < 1.29 is 14.3 Å². The molecule has 0 aliphatic rings. The number of halogens is 1. The van der Waals surface area contributed by atoms with Crippen LogP contribution in [0, 0.1) is 0 Å². The van der Waals surface area contributed by atoms with Crippen molar-refractivity contribution in [2.75, 3.05) is 0 Å². The first-order valence-corrected chi connectivity index (χ1v) is 5.79. The lowest BCUT2D eigenvalue weighted by Gasteiger charge is -2.13. The molecule has 1 aromatic carbocycles. The minimum Gasteiger partial charge on any atom is -0.508 e. The maximum Gasteiger partial charge on any atom is 0.287 e. The number of hydrogen-bond acceptors (Lipinski definition) is 3. The molecule has 1 unspecified atom stereocenters. The first-order chi connectivity index (χ1) is 8.56. The summed E-state index contributed by atoms with van der Waals surface area (Å²) in [5.41, 5.74) is 0.806. The highest BCUT2D eigenvalue weighted by Crippen LogP contribution is 2.19. The number of nitrogens with one attached hydrogen (secondary N) is 1. The van der Waals surface area contributed by atoms with Crippen LogP contribution in [0.1, 0.15) is 29.1 Å². The molecule has 0 saturated heterocycles. The molecular weight excluding hydrogens is 254 g/mol. The van der Waals surface area contributed by atoms with Crippen LogP contribution in [0.2, 0.25) is 5.22 Å². The second kappa shape index (κ2) is 5.14. The molecule has 2 N–H and O–H groups in total. The minimum atomic E-state index is -0.349. The molecule has 1 amide bonds. The summed E-state index contributed by atoms with van der Waals surface area (Å²) in [6, 6.07) is 9.48. The topological polar surface area (TPSA) is 62.5 Å². The summed E-state index contributed by atoms with van der Waals surface area (Å²) in [4.78, 5) is 11.8. The van der Waals surface area contributed by atoms with Gasteiger partial charge in [-0.05, 0) is 48.4 Å². The summed E-state index contributed by atoms with van der Waals surface area (Å²) in [6.07, 6.45) is 0. The van der Waals surface area contributed by atoms with Gasteiger partial charge in [0.05, 0.1) is 6.04 Å². The van der Waals surface area contributed by atoms with Crippen LogP contribution in [0.4, 0.5) is 0 Å². The number of aromatic hydroxyl groups is 1. The molecule has 1 atom stereocenters. The van der Waals surface area contributed by atoms with E-state index in [0.717, 1.165) is 5.56 Å². The van der Waals surface area contributed by atoms with Gasteiger partial charge in [-0.2, -0.15) is 0 Å². The fourth-order valence-electron chi connectivity index (χ4n) is 1.58.